The van der Waals surface area contributed by atoms with Gasteiger partial charge in [-0.05, 0) is 26.8 Å². The molecule has 2 aromatic heterocycles. The molecule has 0 spiro atoms. The van der Waals surface area contributed by atoms with Crippen LogP contribution < -0.4 is 10.2 Å². The number of anilines is 1. The topological polar surface area (TPSA) is 72.3 Å². The number of piperidine rings is 1. The van der Waals surface area contributed by atoms with Crippen LogP contribution in [0.25, 0.3) is 11.1 Å². The third-order valence-electron chi connectivity index (χ3n) is 4.42. The van der Waals surface area contributed by atoms with Crippen molar-refractivity contribution in [1.82, 2.24) is 20.1 Å². The molecule has 164 valence electrons. The number of rotatable bonds is 4. The van der Waals surface area contributed by atoms with E-state index in [0.29, 0.717) is 21.5 Å². The predicted molar refractivity (Wildman–Crippen MR) is 107 cm³/mol. The van der Waals surface area contributed by atoms with Crippen LogP contribution in [0.2, 0.25) is 5.15 Å². The fourth-order valence-electron chi connectivity index (χ4n) is 3.30. The lowest BCUT2D eigenvalue weighted by Crippen LogP contribution is -2.52. The number of nitrogens with one attached hydrogen (secondary N) is 1. The molecule has 3 rings (SSSR count). The Morgan fingerprint density at radius 1 is 1.33 bits per heavy atom. The van der Waals surface area contributed by atoms with Crippen molar-refractivity contribution in [3.8, 4) is 11.1 Å². The first-order valence-electron chi connectivity index (χ1n) is 9.38. The summed E-state index contributed by atoms with van der Waals surface area (Å²) in [7, 11) is 0. The summed E-state index contributed by atoms with van der Waals surface area (Å²) in [6, 6.07) is 1.03. The molecule has 0 bridgehead atoms. The summed E-state index contributed by atoms with van der Waals surface area (Å²) in [4.78, 5) is 17.8. The maximum Gasteiger partial charge on any atom is 0.407 e. The van der Waals surface area contributed by atoms with Crippen LogP contribution in [0.1, 0.15) is 33.7 Å². The average molecular weight is 446 g/mol. The standard InChI is InChI=1S/C19H23ClF3N5O2/c1-19(2,3)30-18(29)26-13-4-12(21)9-27(10-13)15-5-16(20)24-7-14(15)11-6-25-28(8-11)17(22)23/h5-8,12-13,17H,4,9-10H2,1-3H3,(H,26,29)/t12-,13+/m1/s1. The van der Waals surface area contributed by atoms with Gasteiger partial charge in [0.25, 0.3) is 0 Å². The van der Waals surface area contributed by atoms with Crippen molar-refractivity contribution in [3.63, 3.8) is 0 Å². The molecule has 0 unspecified atom stereocenters. The molecule has 0 radical (unpaired) electrons. The third kappa shape index (κ3) is 5.56. The number of ether oxygens (including phenoxy) is 1. The molecular formula is C19H23ClF3N5O2. The first-order valence-corrected chi connectivity index (χ1v) is 9.76. The van der Waals surface area contributed by atoms with E-state index in [2.05, 4.69) is 15.4 Å². The molecule has 0 saturated carbocycles. The number of carbonyl (C=O) groups excluding carboxylic acids is 1. The molecule has 30 heavy (non-hydrogen) atoms. The van der Waals surface area contributed by atoms with Gasteiger partial charge in [0.2, 0.25) is 0 Å². The van der Waals surface area contributed by atoms with Crippen molar-refractivity contribution < 1.29 is 22.7 Å². The molecular weight excluding hydrogens is 423 g/mol. The maximum absolute atomic E-state index is 14.5. The highest BCUT2D eigenvalue weighted by molar-refractivity contribution is 6.29. The number of amides is 1. The Morgan fingerprint density at radius 3 is 2.70 bits per heavy atom. The summed E-state index contributed by atoms with van der Waals surface area (Å²) < 4.78 is 46.1. The number of alkyl halides is 3. The number of aromatic nitrogens is 3. The minimum atomic E-state index is -2.78. The van der Waals surface area contributed by atoms with Crippen LogP contribution in [0.3, 0.4) is 0 Å². The second-order valence-electron chi connectivity index (χ2n) is 8.09. The average Bonchev–Trinajstić information content (AvgIpc) is 3.09. The summed E-state index contributed by atoms with van der Waals surface area (Å²) >= 11 is 6.05. The van der Waals surface area contributed by atoms with Gasteiger partial charge in [-0.2, -0.15) is 13.9 Å². The first kappa shape index (κ1) is 22.2. The van der Waals surface area contributed by atoms with Crippen LogP contribution in [0.5, 0.6) is 0 Å². The molecule has 2 aromatic rings. The monoisotopic (exact) mass is 445 g/mol. The lowest BCUT2D eigenvalue weighted by molar-refractivity contribution is 0.0490. The molecule has 1 saturated heterocycles. The van der Waals surface area contributed by atoms with Gasteiger partial charge in [0.15, 0.2) is 0 Å². The Labute approximate surface area is 177 Å². The smallest absolute Gasteiger partial charge is 0.407 e. The Bertz CT molecular complexity index is 903. The van der Waals surface area contributed by atoms with E-state index in [1.165, 1.54) is 18.6 Å². The number of carbonyl (C=O) groups is 1. The SMILES string of the molecule is CC(C)(C)OC(=O)N[C@H]1C[C@@H](F)CN(c2cc(Cl)ncc2-c2cnn(C(F)F)c2)C1. The molecule has 2 atom stereocenters. The van der Waals surface area contributed by atoms with E-state index in [0.717, 1.165) is 0 Å². The van der Waals surface area contributed by atoms with E-state index >= 15 is 0 Å². The van der Waals surface area contributed by atoms with Gasteiger partial charge in [-0.15, -0.1) is 0 Å². The van der Waals surface area contributed by atoms with E-state index in [9.17, 15) is 18.0 Å². The Kier molecular flexibility index (Phi) is 6.44. The van der Waals surface area contributed by atoms with Gasteiger partial charge >= 0.3 is 12.6 Å². The van der Waals surface area contributed by atoms with E-state index < -0.39 is 30.5 Å². The fraction of sp³-hybridized carbons (Fsp3) is 0.526. The molecule has 1 aliphatic rings. The Balaban J connectivity index is 1.85. The van der Waals surface area contributed by atoms with Crippen molar-refractivity contribution in [2.75, 3.05) is 18.0 Å². The van der Waals surface area contributed by atoms with Gasteiger partial charge in [0, 0.05) is 48.7 Å². The lowest BCUT2D eigenvalue weighted by Gasteiger charge is -2.37. The highest BCUT2D eigenvalue weighted by Gasteiger charge is 2.31. The Morgan fingerprint density at radius 2 is 2.07 bits per heavy atom. The minimum absolute atomic E-state index is 0.0584. The van der Waals surface area contributed by atoms with Crippen molar-refractivity contribution in [2.24, 2.45) is 0 Å². The van der Waals surface area contributed by atoms with Crippen LogP contribution in [-0.4, -0.2) is 51.8 Å². The first-order chi connectivity index (χ1) is 14.0. The number of nitrogens with zero attached hydrogens (tertiary/aromatic N) is 4. The van der Waals surface area contributed by atoms with Crippen LogP contribution in [0.4, 0.5) is 23.7 Å². The highest BCUT2D eigenvalue weighted by atomic mass is 35.5. The largest absolute Gasteiger partial charge is 0.444 e. The quantitative estimate of drug-likeness (QED) is 0.704. The van der Waals surface area contributed by atoms with Crippen LogP contribution in [0.15, 0.2) is 24.7 Å². The fourth-order valence-corrected chi connectivity index (χ4v) is 3.45. The summed E-state index contributed by atoms with van der Waals surface area (Å²) in [5.74, 6) is 0. The second-order valence-corrected chi connectivity index (χ2v) is 8.48. The van der Waals surface area contributed by atoms with Gasteiger partial charge in [0.05, 0.1) is 12.2 Å². The molecule has 11 heteroatoms. The van der Waals surface area contributed by atoms with Crippen molar-refractivity contribution in [2.45, 2.75) is 51.6 Å². The zero-order chi connectivity index (χ0) is 22.1. The maximum atomic E-state index is 14.5. The van der Waals surface area contributed by atoms with Crippen molar-refractivity contribution in [3.05, 3.63) is 29.8 Å². The van der Waals surface area contributed by atoms with E-state index in [1.54, 1.807) is 31.7 Å². The number of alkyl carbamates (subject to hydrolysis) is 1. The van der Waals surface area contributed by atoms with Gasteiger partial charge < -0.3 is 15.0 Å². The molecule has 7 nitrogen and oxygen atoms in total. The molecule has 1 aliphatic heterocycles. The summed E-state index contributed by atoms with van der Waals surface area (Å²) in [5.41, 5.74) is 0.718. The molecule has 0 aromatic carbocycles. The van der Waals surface area contributed by atoms with Gasteiger partial charge in [0.1, 0.15) is 16.9 Å². The van der Waals surface area contributed by atoms with Gasteiger partial charge in [-0.25, -0.2) is 18.9 Å². The zero-order valence-corrected chi connectivity index (χ0v) is 17.5. The Hall–Kier alpha value is -2.49. The second kappa shape index (κ2) is 8.71. The summed E-state index contributed by atoms with van der Waals surface area (Å²) in [6.07, 6.45) is 2.19. The summed E-state index contributed by atoms with van der Waals surface area (Å²) in [6.45, 7) is 2.78. The normalized spacial score (nSPS) is 19.8. The van der Waals surface area contributed by atoms with Gasteiger partial charge in [-0.1, -0.05) is 11.6 Å². The lowest BCUT2D eigenvalue weighted by atomic mass is 10.0. The van der Waals surface area contributed by atoms with Crippen LogP contribution in [0, 0.1) is 0 Å². The molecule has 1 amide bonds. The predicted octanol–water partition coefficient (Wildman–Crippen LogP) is 4.44. The van der Waals surface area contributed by atoms with Crippen molar-refractivity contribution in [1.29, 1.82) is 0 Å². The summed E-state index contributed by atoms with van der Waals surface area (Å²) in [5, 5.41) is 6.51. The van der Waals surface area contributed by atoms with E-state index in [-0.39, 0.29) is 24.7 Å². The number of pyridine rings is 1. The molecule has 3 heterocycles. The molecule has 1 N–H and O–H groups in total. The number of hydrogen-bond acceptors (Lipinski definition) is 5. The van der Waals surface area contributed by atoms with E-state index in [4.69, 9.17) is 16.3 Å². The van der Waals surface area contributed by atoms with Crippen LogP contribution in [-0.2, 0) is 4.74 Å². The van der Waals surface area contributed by atoms with Crippen LogP contribution >= 0.6 is 11.6 Å². The molecule has 1 fully saturated rings. The third-order valence-corrected chi connectivity index (χ3v) is 4.63. The molecule has 0 aliphatic carbocycles. The zero-order valence-electron chi connectivity index (χ0n) is 16.8. The number of halogens is 4. The minimum Gasteiger partial charge on any atom is -0.444 e. The van der Waals surface area contributed by atoms with Gasteiger partial charge in [-0.3, -0.25) is 0 Å². The number of hydrogen-bond donors (Lipinski definition) is 1. The van der Waals surface area contributed by atoms with Crippen molar-refractivity contribution >= 4 is 23.4 Å². The highest BCUT2D eigenvalue weighted by Crippen LogP contribution is 2.34. The van der Waals surface area contributed by atoms with E-state index in [1.807, 2.05) is 0 Å².